The van der Waals surface area contributed by atoms with E-state index in [0.717, 1.165) is 28.8 Å². The van der Waals surface area contributed by atoms with Crippen LogP contribution in [0.15, 0.2) is 51.8 Å². The number of carbonyl (C=O) groups excluding carboxylic acids is 1. The fraction of sp³-hybridized carbons (Fsp3) is 0.316. The molecule has 3 rings (SSSR count). The topological polar surface area (TPSA) is 118 Å². The van der Waals surface area contributed by atoms with Gasteiger partial charge in [0.2, 0.25) is 5.91 Å². The molecule has 0 radical (unpaired) electrons. The van der Waals surface area contributed by atoms with Crippen LogP contribution in [0.4, 0.5) is 11.4 Å². The molecule has 2 unspecified atom stereocenters. The molecule has 10 heteroatoms. The molecular formula is C19H20BrN3O5S. The lowest BCUT2D eigenvalue weighted by molar-refractivity contribution is -0.384. The van der Waals surface area contributed by atoms with Crippen LogP contribution < -0.4 is 10.6 Å². The van der Waals surface area contributed by atoms with Crippen LogP contribution in [-0.4, -0.2) is 38.6 Å². The largest absolute Gasteiger partial charge is 0.378 e. The van der Waals surface area contributed by atoms with Gasteiger partial charge in [0.25, 0.3) is 5.69 Å². The second-order valence-electron chi connectivity index (χ2n) is 6.93. The highest BCUT2D eigenvalue weighted by Crippen LogP contribution is 2.47. The molecule has 1 aliphatic carbocycles. The number of anilines is 1. The molecule has 1 fully saturated rings. The number of rotatable bonds is 8. The predicted octanol–water partition coefficient (Wildman–Crippen LogP) is 3.09. The van der Waals surface area contributed by atoms with Crippen molar-refractivity contribution in [3.63, 3.8) is 0 Å². The van der Waals surface area contributed by atoms with Gasteiger partial charge in [0.1, 0.15) is 5.69 Å². The zero-order valence-corrected chi connectivity index (χ0v) is 18.0. The number of nitro groups is 1. The first kappa shape index (κ1) is 21.3. The van der Waals surface area contributed by atoms with Gasteiger partial charge in [-0.1, -0.05) is 28.1 Å². The Labute approximate surface area is 176 Å². The van der Waals surface area contributed by atoms with Gasteiger partial charge in [-0.25, -0.2) is 8.42 Å². The van der Waals surface area contributed by atoms with Gasteiger partial charge in [0, 0.05) is 35.8 Å². The molecule has 0 bridgehead atoms. The molecule has 0 spiro atoms. The van der Waals surface area contributed by atoms with E-state index in [1.165, 1.54) is 12.1 Å². The van der Waals surface area contributed by atoms with E-state index in [0.29, 0.717) is 6.54 Å². The van der Waals surface area contributed by atoms with Gasteiger partial charge in [-0.3, -0.25) is 14.9 Å². The SMILES string of the molecule is CS(=O)(=O)c1ccc(NCCNC(=O)C2CC2c2ccc(Br)cc2)c([N+](=O)[O-])c1. The zero-order chi connectivity index (χ0) is 21.2. The van der Waals surface area contributed by atoms with E-state index >= 15 is 0 Å². The van der Waals surface area contributed by atoms with E-state index in [2.05, 4.69) is 26.6 Å². The second-order valence-corrected chi connectivity index (χ2v) is 9.86. The molecule has 29 heavy (non-hydrogen) atoms. The van der Waals surface area contributed by atoms with Crippen molar-refractivity contribution in [3.8, 4) is 0 Å². The van der Waals surface area contributed by atoms with Crippen LogP contribution in [0, 0.1) is 16.0 Å². The molecule has 1 saturated carbocycles. The highest BCUT2D eigenvalue weighted by atomic mass is 79.9. The average Bonchev–Trinajstić information content (AvgIpc) is 3.45. The minimum Gasteiger partial charge on any atom is -0.378 e. The van der Waals surface area contributed by atoms with Crippen molar-refractivity contribution < 1.29 is 18.1 Å². The maximum atomic E-state index is 12.3. The van der Waals surface area contributed by atoms with Crippen molar-refractivity contribution in [3.05, 3.63) is 62.6 Å². The van der Waals surface area contributed by atoms with Crippen LogP contribution in [0.3, 0.4) is 0 Å². The monoisotopic (exact) mass is 481 g/mol. The number of nitrogens with zero attached hydrogens (tertiary/aromatic N) is 1. The van der Waals surface area contributed by atoms with Crippen LogP contribution >= 0.6 is 15.9 Å². The third-order valence-electron chi connectivity index (χ3n) is 4.76. The summed E-state index contributed by atoms with van der Waals surface area (Å²) in [6.07, 6.45) is 1.80. The standard InChI is InChI=1S/C19H20BrN3O5S/c1-29(27,28)14-6-7-17(18(10-14)23(25)26)21-8-9-22-19(24)16-11-15(16)12-2-4-13(20)5-3-12/h2-7,10,15-16,21H,8-9,11H2,1H3,(H,22,24). The zero-order valence-electron chi connectivity index (χ0n) is 15.6. The summed E-state index contributed by atoms with van der Waals surface area (Å²) in [5, 5.41) is 16.9. The summed E-state index contributed by atoms with van der Waals surface area (Å²) in [7, 11) is -3.54. The summed E-state index contributed by atoms with van der Waals surface area (Å²) in [6.45, 7) is 0.577. The first-order chi connectivity index (χ1) is 13.7. The third-order valence-corrected chi connectivity index (χ3v) is 6.40. The minimum atomic E-state index is -3.54. The van der Waals surface area contributed by atoms with Gasteiger partial charge in [0.05, 0.1) is 9.82 Å². The van der Waals surface area contributed by atoms with E-state index < -0.39 is 14.8 Å². The molecule has 2 atom stereocenters. The Bertz CT molecular complexity index is 1040. The second kappa shape index (κ2) is 8.50. The van der Waals surface area contributed by atoms with Crippen molar-refractivity contribution in [2.24, 2.45) is 5.92 Å². The smallest absolute Gasteiger partial charge is 0.293 e. The maximum absolute atomic E-state index is 12.3. The first-order valence-corrected chi connectivity index (χ1v) is 11.6. The van der Waals surface area contributed by atoms with E-state index in [-0.39, 0.29) is 40.6 Å². The summed E-state index contributed by atoms with van der Waals surface area (Å²) in [5.74, 6) is 0.127. The molecule has 1 amide bonds. The molecule has 0 aromatic heterocycles. The molecule has 2 aromatic rings. The number of benzene rings is 2. The Morgan fingerprint density at radius 2 is 1.90 bits per heavy atom. The first-order valence-electron chi connectivity index (χ1n) is 8.92. The third kappa shape index (κ3) is 5.33. The van der Waals surface area contributed by atoms with Crippen LogP contribution in [0.2, 0.25) is 0 Å². The lowest BCUT2D eigenvalue weighted by Crippen LogP contribution is -2.30. The Hall–Kier alpha value is -2.46. The number of hydrogen-bond donors (Lipinski definition) is 2. The molecule has 154 valence electrons. The average molecular weight is 482 g/mol. The molecule has 0 heterocycles. The number of amides is 1. The summed E-state index contributed by atoms with van der Waals surface area (Å²) in [4.78, 5) is 22.8. The van der Waals surface area contributed by atoms with Crippen LogP contribution in [0.25, 0.3) is 0 Å². The molecule has 8 nitrogen and oxygen atoms in total. The number of sulfone groups is 1. The van der Waals surface area contributed by atoms with Gasteiger partial charge < -0.3 is 10.6 Å². The summed E-state index contributed by atoms with van der Waals surface area (Å²) < 4.78 is 24.1. The Morgan fingerprint density at radius 1 is 1.21 bits per heavy atom. The van der Waals surface area contributed by atoms with Crippen molar-refractivity contribution in [1.82, 2.24) is 5.32 Å². The highest BCUT2D eigenvalue weighted by molar-refractivity contribution is 9.10. The normalized spacial score (nSPS) is 18.1. The number of nitrogens with one attached hydrogen (secondary N) is 2. The van der Waals surface area contributed by atoms with Crippen molar-refractivity contribution in [2.45, 2.75) is 17.2 Å². The van der Waals surface area contributed by atoms with Crippen LogP contribution in [0.5, 0.6) is 0 Å². The lowest BCUT2D eigenvalue weighted by Gasteiger charge is -2.09. The molecule has 0 aliphatic heterocycles. The number of hydrogen-bond acceptors (Lipinski definition) is 6. The summed E-state index contributed by atoms with van der Waals surface area (Å²) >= 11 is 3.39. The van der Waals surface area contributed by atoms with E-state index in [9.17, 15) is 23.3 Å². The van der Waals surface area contributed by atoms with Gasteiger partial charge in [-0.05, 0) is 42.2 Å². The fourth-order valence-electron chi connectivity index (χ4n) is 3.12. The van der Waals surface area contributed by atoms with Gasteiger partial charge in [-0.15, -0.1) is 0 Å². The Morgan fingerprint density at radius 3 is 2.52 bits per heavy atom. The Balaban J connectivity index is 1.51. The van der Waals surface area contributed by atoms with E-state index in [4.69, 9.17) is 0 Å². The highest BCUT2D eigenvalue weighted by Gasteiger charge is 2.43. The quantitative estimate of drug-likeness (QED) is 0.339. The van der Waals surface area contributed by atoms with Gasteiger partial charge in [-0.2, -0.15) is 0 Å². The summed E-state index contributed by atoms with van der Waals surface area (Å²) in [5.41, 5.74) is 1.01. The molecular weight excluding hydrogens is 462 g/mol. The molecule has 0 saturated heterocycles. The van der Waals surface area contributed by atoms with E-state index in [1.807, 2.05) is 24.3 Å². The molecule has 2 aromatic carbocycles. The molecule has 1 aliphatic rings. The number of halogens is 1. The van der Waals surface area contributed by atoms with Crippen molar-refractivity contribution in [2.75, 3.05) is 24.7 Å². The lowest BCUT2D eigenvalue weighted by atomic mass is 10.1. The van der Waals surface area contributed by atoms with Crippen molar-refractivity contribution >= 4 is 43.0 Å². The van der Waals surface area contributed by atoms with Gasteiger partial charge in [0.15, 0.2) is 9.84 Å². The van der Waals surface area contributed by atoms with Gasteiger partial charge >= 0.3 is 0 Å². The van der Waals surface area contributed by atoms with Crippen LogP contribution in [-0.2, 0) is 14.6 Å². The van der Waals surface area contributed by atoms with Crippen molar-refractivity contribution in [1.29, 1.82) is 0 Å². The number of nitro benzene ring substituents is 1. The molecule has 2 N–H and O–H groups in total. The van der Waals surface area contributed by atoms with Crippen LogP contribution in [0.1, 0.15) is 17.9 Å². The summed E-state index contributed by atoms with van der Waals surface area (Å²) in [6, 6.07) is 11.6. The number of carbonyl (C=O) groups is 1. The fourth-order valence-corrected chi connectivity index (χ4v) is 4.03. The van der Waals surface area contributed by atoms with E-state index in [1.54, 1.807) is 0 Å². The Kier molecular flexibility index (Phi) is 6.23. The predicted molar refractivity (Wildman–Crippen MR) is 113 cm³/mol. The minimum absolute atomic E-state index is 0.0401. The maximum Gasteiger partial charge on any atom is 0.293 e.